The number of ether oxygens (including phenoxy) is 1. The Bertz CT molecular complexity index is 730. The van der Waals surface area contributed by atoms with Gasteiger partial charge >= 0.3 is 0 Å². The molecule has 7 heteroatoms. The molecular formula is C16H17FN2O3S. The van der Waals surface area contributed by atoms with Gasteiger partial charge < -0.3 is 15.4 Å². The van der Waals surface area contributed by atoms with Crippen LogP contribution in [0.15, 0.2) is 30.3 Å². The lowest BCUT2D eigenvalue weighted by atomic mass is 10.1. The summed E-state index contributed by atoms with van der Waals surface area (Å²) in [5.74, 6) is -0.795. The van der Waals surface area contributed by atoms with E-state index in [0.717, 1.165) is 0 Å². The molecule has 0 aliphatic carbocycles. The Hall–Kier alpha value is -2.41. The number of carbonyl (C=O) groups is 2. The first-order valence-electron chi connectivity index (χ1n) is 6.92. The fraction of sp³-hybridized carbons (Fsp3) is 0.250. The molecule has 0 saturated heterocycles. The highest BCUT2D eigenvalue weighted by molar-refractivity contribution is 7.18. The van der Waals surface area contributed by atoms with E-state index in [4.69, 9.17) is 4.74 Å². The summed E-state index contributed by atoms with van der Waals surface area (Å²) in [5, 5.41) is 6.02. The maximum atomic E-state index is 13.7. The lowest BCUT2D eigenvalue weighted by Crippen LogP contribution is -2.25. The highest BCUT2D eigenvalue weighted by atomic mass is 32.1. The largest absolute Gasteiger partial charge is 0.494 e. The van der Waals surface area contributed by atoms with Gasteiger partial charge in [0.1, 0.15) is 0 Å². The van der Waals surface area contributed by atoms with Gasteiger partial charge in [0.15, 0.2) is 11.6 Å². The molecule has 0 unspecified atom stereocenters. The van der Waals surface area contributed by atoms with Crippen molar-refractivity contribution >= 4 is 28.2 Å². The zero-order chi connectivity index (χ0) is 17.0. The molecule has 0 fully saturated rings. The van der Waals surface area contributed by atoms with Crippen molar-refractivity contribution in [1.29, 1.82) is 0 Å². The third-order valence-electron chi connectivity index (χ3n) is 3.15. The van der Waals surface area contributed by atoms with Gasteiger partial charge in [-0.2, -0.15) is 0 Å². The van der Waals surface area contributed by atoms with Crippen LogP contribution in [0.3, 0.4) is 0 Å². The number of rotatable bonds is 5. The number of anilines is 1. The fourth-order valence-corrected chi connectivity index (χ4v) is 2.86. The Balaban J connectivity index is 2.05. The molecule has 0 spiro atoms. The van der Waals surface area contributed by atoms with Crippen LogP contribution >= 0.6 is 11.3 Å². The molecule has 0 aliphatic rings. The molecule has 2 amide bonds. The average Bonchev–Trinajstić information content (AvgIpc) is 2.94. The van der Waals surface area contributed by atoms with Crippen LogP contribution in [-0.2, 0) is 4.79 Å². The summed E-state index contributed by atoms with van der Waals surface area (Å²) >= 11 is 1.18. The summed E-state index contributed by atoms with van der Waals surface area (Å²) in [6.45, 7) is 3.17. The SMILES string of the molecule is COc1ccc([C@@H](C)NC(=O)c2ccc(NC(C)=O)s2)cc1F. The zero-order valence-corrected chi connectivity index (χ0v) is 13.8. The lowest BCUT2D eigenvalue weighted by molar-refractivity contribution is -0.114. The van der Waals surface area contributed by atoms with E-state index in [1.165, 1.54) is 37.5 Å². The lowest BCUT2D eigenvalue weighted by Gasteiger charge is -2.14. The number of hydrogen-bond donors (Lipinski definition) is 2. The van der Waals surface area contributed by atoms with E-state index < -0.39 is 5.82 Å². The Kier molecular flexibility index (Phi) is 5.33. The van der Waals surface area contributed by atoms with Gasteiger partial charge in [-0.25, -0.2) is 4.39 Å². The van der Waals surface area contributed by atoms with Gasteiger partial charge in [-0.05, 0) is 36.8 Å². The van der Waals surface area contributed by atoms with E-state index in [9.17, 15) is 14.0 Å². The molecule has 0 radical (unpaired) electrons. The number of amides is 2. The summed E-state index contributed by atoms with van der Waals surface area (Å²) < 4.78 is 18.6. The minimum atomic E-state index is -0.477. The second-order valence-electron chi connectivity index (χ2n) is 4.93. The second kappa shape index (κ2) is 7.23. The standard InChI is InChI=1S/C16H17FN2O3S/c1-9(11-4-5-13(22-3)12(17)8-11)18-16(21)14-6-7-15(23-14)19-10(2)20/h4-9H,1-3H3,(H,18,21)(H,19,20)/t9-/m1/s1. The molecular weight excluding hydrogens is 319 g/mol. The van der Waals surface area contributed by atoms with Crippen molar-refractivity contribution in [1.82, 2.24) is 5.32 Å². The number of hydrogen-bond acceptors (Lipinski definition) is 4. The molecule has 5 nitrogen and oxygen atoms in total. The first-order chi connectivity index (χ1) is 10.9. The van der Waals surface area contributed by atoms with Crippen molar-refractivity contribution in [2.45, 2.75) is 19.9 Å². The van der Waals surface area contributed by atoms with E-state index in [-0.39, 0.29) is 23.6 Å². The van der Waals surface area contributed by atoms with Crippen molar-refractivity contribution < 1.29 is 18.7 Å². The predicted octanol–water partition coefficient (Wildman–Crippen LogP) is 3.35. The quantitative estimate of drug-likeness (QED) is 0.880. The van der Waals surface area contributed by atoms with Crippen molar-refractivity contribution in [3.63, 3.8) is 0 Å². The molecule has 1 aromatic heterocycles. The van der Waals surface area contributed by atoms with E-state index in [0.29, 0.717) is 15.4 Å². The van der Waals surface area contributed by atoms with Gasteiger partial charge in [0.2, 0.25) is 5.91 Å². The predicted molar refractivity (Wildman–Crippen MR) is 87.5 cm³/mol. The summed E-state index contributed by atoms with van der Waals surface area (Å²) in [7, 11) is 1.40. The third-order valence-corrected chi connectivity index (χ3v) is 4.15. The number of carbonyl (C=O) groups excluding carboxylic acids is 2. The number of thiophene rings is 1. The van der Waals surface area contributed by atoms with E-state index in [1.807, 2.05) is 0 Å². The summed E-state index contributed by atoms with van der Waals surface area (Å²) in [5.41, 5.74) is 0.635. The van der Waals surface area contributed by atoms with Crippen LogP contribution in [0.1, 0.15) is 35.1 Å². The third kappa shape index (κ3) is 4.29. The van der Waals surface area contributed by atoms with Crippen LogP contribution in [0.2, 0.25) is 0 Å². The molecule has 23 heavy (non-hydrogen) atoms. The van der Waals surface area contributed by atoms with E-state index in [2.05, 4.69) is 10.6 Å². The monoisotopic (exact) mass is 336 g/mol. The molecule has 1 aromatic carbocycles. The molecule has 0 bridgehead atoms. The molecule has 2 rings (SSSR count). The van der Waals surface area contributed by atoms with E-state index >= 15 is 0 Å². The van der Waals surface area contributed by atoms with Gasteiger partial charge in [-0.1, -0.05) is 6.07 Å². The summed E-state index contributed by atoms with van der Waals surface area (Å²) in [4.78, 5) is 23.7. The van der Waals surface area contributed by atoms with Crippen LogP contribution in [-0.4, -0.2) is 18.9 Å². The van der Waals surface area contributed by atoms with Crippen molar-refractivity contribution in [2.24, 2.45) is 0 Å². The van der Waals surface area contributed by atoms with Gasteiger partial charge in [-0.3, -0.25) is 9.59 Å². The normalized spacial score (nSPS) is 11.7. The number of nitrogens with one attached hydrogen (secondary N) is 2. The molecule has 2 N–H and O–H groups in total. The van der Waals surface area contributed by atoms with Crippen LogP contribution < -0.4 is 15.4 Å². The molecule has 0 aliphatic heterocycles. The van der Waals surface area contributed by atoms with Gasteiger partial charge in [-0.15, -0.1) is 11.3 Å². The van der Waals surface area contributed by atoms with Gasteiger partial charge in [0.25, 0.3) is 5.91 Å². The zero-order valence-electron chi connectivity index (χ0n) is 13.0. The first kappa shape index (κ1) is 17.0. The highest BCUT2D eigenvalue weighted by Gasteiger charge is 2.15. The molecule has 2 aromatic rings. The number of benzene rings is 1. The van der Waals surface area contributed by atoms with Gasteiger partial charge in [0.05, 0.1) is 23.0 Å². The van der Waals surface area contributed by atoms with Crippen molar-refractivity contribution in [3.8, 4) is 5.75 Å². The topological polar surface area (TPSA) is 67.4 Å². The smallest absolute Gasteiger partial charge is 0.261 e. The minimum Gasteiger partial charge on any atom is -0.494 e. The Morgan fingerprint density at radius 1 is 1.26 bits per heavy atom. The first-order valence-corrected chi connectivity index (χ1v) is 7.74. The average molecular weight is 336 g/mol. The Morgan fingerprint density at radius 2 is 2.00 bits per heavy atom. The molecule has 122 valence electrons. The maximum Gasteiger partial charge on any atom is 0.261 e. The van der Waals surface area contributed by atoms with E-state index in [1.54, 1.807) is 25.1 Å². The van der Waals surface area contributed by atoms with Crippen LogP contribution in [0.25, 0.3) is 0 Å². The van der Waals surface area contributed by atoms with Crippen molar-refractivity contribution in [3.05, 3.63) is 46.6 Å². The molecule has 1 atom stereocenters. The van der Waals surface area contributed by atoms with Gasteiger partial charge in [0, 0.05) is 6.92 Å². The maximum absolute atomic E-state index is 13.7. The summed E-state index contributed by atoms with van der Waals surface area (Å²) in [6, 6.07) is 7.48. The van der Waals surface area contributed by atoms with Crippen LogP contribution in [0.5, 0.6) is 5.75 Å². The number of halogens is 1. The summed E-state index contributed by atoms with van der Waals surface area (Å²) in [6.07, 6.45) is 0. The molecule has 1 heterocycles. The van der Waals surface area contributed by atoms with Crippen molar-refractivity contribution in [2.75, 3.05) is 12.4 Å². The Morgan fingerprint density at radius 3 is 2.61 bits per heavy atom. The Labute approximate surface area is 137 Å². The minimum absolute atomic E-state index is 0.158. The van der Waals surface area contributed by atoms with Crippen LogP contribution in [0, 0.1) is 5.82 Å². The molecule has 0 saturated carbocycles. The fourth-order valence-electron chi connectivity index (χ4n) is 2.00. The second-order valence-corrected chi connectivity index (χ2v) is 6.02. The highest BCUT2D eigenvalue weighted by Crippen LogP contribution is 2.24. The number of methoxy groups -OCH3 is 1. The van der Waals surface area contributed by atoms with Crippen LogP contribution in [0.4, 0.5) is 9.39 Å².